The Kier molecular flexibility index (Phi) is 5.98. The lowest BCUT2D eigenvalue weighted by Crippen LogP contribution is -2.26. The highest BCUT2D eigenvalue weighted by Gasteiger charge is 2.28. The predicted octanol–water partition coefficient (Wildman–Crippen LogP) is 5.21. The summed E-state index contributed by atoms with van der Waals surface area (Å²) in [5.41, 5.74) is 3.62. The van der Waals surface area contributed by atoms with Gasteiger partial charge in [0.2, 0.25) is 0 Å². The number of nitrogens with one attached hydrogen (secondary N) is 1. The Balaban J connectivity index is 1.33. The van der Waals surface area contributed by atoms with E-state index in [1.165, 1.54) is 12.2 Å². The van der Waals surface area contributed by atoms with E-state index in [0.29, 0.717) is 0 Å². The Morgan fingerprint density at radius 2 is 1.53 bits per heavy atom. The van der Waals surface area contributed by atoms with E-state index in [0.717, 1.165) is 34.4 Å². The van der Waals surface area contributed by atoms with Crippen molar-refractivity contribution in [1.29, 1.82) is 0 Å². The Bertz CT molecular complexity index is 1150. The number of benzene rings is 3. The van der Waals surface area contributed by atoms with E-state index in [1.807, 2.05) is 48.5 Å². The second-order valence-electron chi connectivity index (χ2n) is 7.27. The summed E-state index contributed by atoms with van der Waals surface area (Å²) in [6.45, 7) is 0.247. The van der Waals surface area contributed by atoms with Crippen LogP contribution in [-0.2, 0) is 4.74 Å². The van der Waals surface area contributed by atoms with Gasteiger partial charge in [-0.3, -0.25) is 0 Å². The van der Waals surface area contributed by atoms with Crippen LogP contribution in [0.3, 0.4) is 0 Å². The predicted molar refractivity (Wildman–Crippen MR) is 115 cm³/mol. The number of hydrogen-bond acceptors (Lipinski definition) is 3. The standard InChI is InChI=1S/C25H19F2NO4/c26-21-12-15(13-22(27)23(21)24(29)30)6-5-11-28-25(31)32-14-20-18-9-3-1-7-16(18)17-8-2-4-10-19(17)20/h1-10,12-13,20H,11,14H2,(H,28,31)(H,29,30). The quantitative estimate of drug-likeness (QED) is 0.557. The molecule has 0 bridgehead atoms. The SMILES string of the molecule is O=C(NCC=Cc1cc(F)c(C(=O)O)c(F)c1)OCC1c2ccccc2-c2ccccc21. The molecule has 5 nitrogen and oxygen atoms in total. The third-order valence-corrected chi connectivity index (χ3v) is 5.30. The fourth-order valence-corrected chi connectivity index (χ4v) is 3.88. The van der Waals surface area contributed by atoms with Crippen molar-refractivity contribution in [2.75, 3.05) is 13.2 Å². The van der Waals surface area contributed by atoms with Crippen molar-refractivity contribution in [3.05, 3.63) is 101 Å². The van der Waals surface area contributed by atoms with Crippen molar-refractivity contribution >= 4 is 18.1 Å². The summed E-state index contributed by atoms with van der Waals surface area (Å²) in [6, 6.07) is 17.8. The van der Waals surface area contributed by atoms with E-state index in [-0.39, 0.29) is 24.6 Å². The van der Waals surface area contributed by atoms with Crippen LogP contribution < -0.4 is 5.32 Å². The molecule has 32 heavy (non-hydrogen) atoms. The first kappa shape index (κ1) is 21.2. The lowest BCUT2D eigenvalue weighted by molar-refractivity contribution is 0.0686. The number of hydrogen-bond donors (Lipinski definition) is 2. The molecule has 0 saturated carbocycles. The highest BCUT2D eigenvalue weighted by molar-refractivity contribution is 5.88. The Labute approximate surface area is 183 Å². The number of carbonyl (C=O) groups excluding carboxylic acids is 1. The van der Waals surface area contributed by atoms with Crippen LogP contribution in [0.5, 0.6) is 0 Å². The first-order valence-electron chi connectivity index (χ1n) is 9.93. The first-order chi connectivity index (χ1) is 15.5. The zero-order valence-electron chi connectivity index (χ0n) is 16.8. The van der Waals surface area contributed by atoms with Crippen molar-refractivity contribution in [1.82, 2.24) is 5.32 Å². The molecule has 2 N–H and O–H groups in total. The van der Waals surface area contributed by atoms with Crippen LogP contribution in [0.1, 0.15) is 33.0 Å². The van der Waals surface area contributed by atoms with Gasteiger partial charge in [0, 0.05) is 12.5 Å². The maximum atomic E-state index is 13.7. The summed E-state index contributed by atoms with van der Waals surface area (Å²) in [7, 11) is 0. The average molecular weight is 435 g/mol. The van der Waals surface area contributed by atoms with Crippen LogP contribution in [0.25, 0.3) is 17.2 Å². The Hall–Kier alpha value is -4.00. The van der Waals surface area contributed by atoms with E-state index in [1.54, 1.807) is 0 Å². The first-order valence-corrected chi connectivity index (χ1v) is 9.93. The normalized spacial score (nSPS) is 12.4. The molecule has 162 valence electrons. The number of halogens is 2. The summed E-state index contributed by atoms with van der Waals surface area (Å²) in [4.78, 5) is 22.9. The fourth-order valence-electron chi connectivity index (χ4n) is 3.88. The van der Waals surface area contributed by atoms with Crippen molar-refractivity contribution in [3.8, 4) is 11.1 Å². The van der Waals surface area contributed by atoms with E-state index in [4.69, 9.17) is 9.84 Å². The second-order valence-corrected chi connectivity index (χ2v) is 7.27. The highest BCUT2D eigenvalue weighted by atomic mass is 19.1. The van der Waals surface area contributed by atoms with E-state index >= 15 is 0 Å². The summed E-state index contributed by atoms with van der Waals surface area (Å²) < 4.78 is 32.8. The van der Waals surface area contributed by atoms with Gasteiger partial charge in [0.05, 0.1) is 0 Å². The number of aromatic carboxylic acids is 1. The van der Waals surface area contributed by atoms with Gasteiger partial charge >= 0.3 is 12.1 Å². The second kappa shape index (κ2) is 9.01. The number of alkyl carbamates (subject to hydrolysis) is 1. The molecular formula is C25H19F2NO4. The molecule has 0 atom stereocenters. The number of ether oxygens (including phenoxy) is 1. The van der Waals surface area contributed by atoms with Gasteiger partial charge in [-0.25, -0.2) is 18.4 Å². The lowest BCUT2D eigenvalue weighted by Gasteiger charge is -2.14. The van der Waals surface area contributed by atoms with Crippen LogP contribution >= 0.6 is 0 Å². The zero-order valence-corrected chi connectivity index (χ0v) is 16.8. The number of amides is 1. The van der Waals surface area contributed by atoms with Crippen LogP contribution in [-0.4, -0.2) is 30.3 Å². The molecule has 0 aliphatic heterocycles. The molecule has 0 spiro atoms. The van der Waals surface area contributed by atoms with Crippen LogP contribution in [0.15, 0.2) is 66.7 Å². The van der Waals surface area contributed by atoms with Gasteiger partial charge in [0.1, 0.15) is 23.8 Å². The van der Waals surface area contributed by atoms with Gasteiger partial charge in [-0.15, -0.1) is 0 Å². The molecule has 1 amide bonds. The molecule has 7 heteroatoms. The Morgan fingerprint density at radius 1 is 0.969 bits per heavy atom. The monoisotopic (exact) mass is 435 g/mol. The average Bonchev–Trinajstić information content (AvgIpc) is 3.08. The van der Waals surface area contributed by atoms with Crippen molar-refractivity contribution in [3.63, 3.8) is 0 Å². The fraction of sp³-hybridized carbons (Fsp3) is 0.120. The van der Waals surface area contributed by atoms with E-state index in [2.05, 4.69) is 5.32 Å². The van der Waals surface area contributed by atoms with Crippen molar-refractivity contribution in [2.45, 2.75) is 5.92 Å². The summed E-state index contributed by atoms with van der Waals surface area (Å²) in [6.07, 6.45) is 2.24. The molecule has 3 aromatic carbocycles. The molecule has 0 heterocycles. The van der Waals surface area contributed by atoms with Crippen molar-refractivity contribution in [2.24, 2.45) is 0 Å². The lowest BCUT2D eigenvalue weighted by atomic mass is 9.98. The third kappa shape index (κ3) is 4.23. The minimum atomic E-state index is -1.67. The third-order valence-electron chi connectivity index (χ3n) is 5.30. The van der Waals surface area contributed by atoms with Crippen molar-refractivity contribution < 1.29 is 28.2 Å². The molecule has 1 aliphatic carbocycles. The smallest absolute Gasteiger partial charge is 0.407 e. The van der Waals surface area contributed by atoms with Gasteiger partial charge in [0.15, 0.2) is 0 Å². The maximum absolute atomic E-state index is 13.7. The molecule has 0 unspecified atom stereocenters. The molecule has 4 rings (SSSR count). The highest BCUT2D eigenvalue weighted by Crippen LogP contribution is 2.44. The van der Waals surface area contributed by atoms with E-state index < -0.39 is 29.3 Å². The number of carboxylic acids is 1. The molecule has 0 aromatic heterocycles. The largest absolute Gasteiger partial charge is 0.477 e. The molecule has 0 saturated heterocycles. The molecular weight excluding hydrogens is 416 g/mol. The van der Waals surface area contributed by atoms with Crippen LogP contribution in [0, 0.1) is 11.6 Å². The summed E-state index contributed by atoms with van der Waals surface area (Å²) >= 11 is 0. The molecule has 0 fully saturated rings. The summed E-state index contributed by atoms with van der Waals surface area (Å²) in [5, 5.41) is 11.3. The number of rotatable bonds is 6. The summed E-state index contributed by atoms with van der Waals surface area (Å²) in [5.74, 6) is -4.06. The minimum Gasteiger partial charge on any atom is -0.477 e. The number of fused-ring (bicyclic) bond motifs is 3. The Morgan fingerprint density at radius 3 is 2.09 bits per heavy atom. The van der Waals surface area contributed by atoms with E-state index in [9.17, 15) is 18.4 Å². The molecule has 0 radical (unpaired) electrons. The zero-order chi connectivity index (χ0) is 22.7. The van der Waals surface area contributed by atoms with Gasteiger partial charge in [-0.1, -0.05) is 60.7 Å². The van der Waals surface area contributed by atoms with Gasteiger partial charge in [0.25, 0.3) is 0 Å². The maximum Gasteiger partial charge on any atom is 0.407 e. The minimum absolute atomic E-state index is 0.0533. The number of carboxylic acid groups (broad SMARTS) is 1. The van der Waals surface area contributed by atoms with Crippen LogP contribution in [0.2, 0.25) is 0 Å². The molecule has 1 aliphatic rings. The topological polar surface area (TPSA) is 75.6 Å². The number of carbonyl (C=O) groups is 2. The van der Waals surface area contributed by atoms with Gasteiger partial charge < -0.3 is 15.2 Å². The van der Waals surface area contributed by atoms with Gasteiger partial charge in [-0.05, 0) is 39.9 Å². The van der Waals surface area contributed by atoms with Gasteiger partial charge in [-0.2, -0.15) is 0 Å². The van der Waals surface area contributed by atoms with Crippen LogP contribution in [0.4, 0.5) is 13.6 Å². The molecule has 3 aromatic rings.